The van der Waals surface area contributed by atoms with E-state index in [1.807, 2.05) is 6.08 Å². The van der Waals surface area contributed by atoms with Gasteiger partial charge in [0.1, 0.15) is 5.82 Å². The lowest BCUT2D eigenvalue weighted by Crippen LogP contribution is -2.24. The number of anilines is 1. The number of amides is 1. The van der Waals surface area contributed by atoms with Gasteiger partial charge < -0.3 is 15.8 Å². The summed E-state index contributed by atoms with van der Waals surface area (Å²) in [7, 11) is 0. The molecule has 0 aliphatic carbocycles. The molecule has 2 rings (SSSR count). The molecule has 0 fully saturated rings. The number of allylic oxidation sites excluding steroid dienone is 1. The molecule has 5 nitrogen and oxygen atoms in total. The summed E-state index contributed by atoms with van der Waals surface area (Å²) in [5.74, 6) is -0.549. The first-order chi connectivity index (χ1) is 12.6. The molecule has 3 N–H and O–H groups in total. The van der Waals surface area contributed by atoms with Crippen molar-refractivity contribution < 1.29 is 13.9 Å². The fraction of sp³-hybridized carbons (Fsp3) is 0.300. The third-order valence-corrected chi connectivity index (χ3v) is 3.73. The number of aromatic nitrogens is 1. The van der Waals surface area contributed by atoms with E-state index >= 15 is 0 Å². The van der Waals surface area contributed by atoms with Gasteiger partial charge in [-0.15, -0.1) is 0 Å². The van der Waals surface area contributed by atoms with E-state index in [1.165, 1.54) is 6.20 Å². The van der Waals surface area contributed by atoms with Gasteiger partial charge in [-0.05, 0) is 31.0 Å². The molecule has 0 atom stereocenters. The van der Waals surface area contributed by atoms with E-state index in [0.717, 1.165) is 19.3 Å². The summed E-state index contributed by atoms with van der Waals surface area (Å²) in [6.45, 7) is 2.55. The summed E-state index contributed by atoms with van der Waals surface area (Å²) < 4.78 is 20.0. The topological polar surface area (TPSA) is 77.2 Å². The van der Waals surface area contributed by atoms with Crippen molar-refractivity contribution in [2.24, 2.45) is 0 Å². The van der Waals surface area contributed by atoms with Crippen LogP contribution < -0.4 is 15.8 Å². The van der Waals surface area contributed by atoms with Crippen molar-refractivity contribution in [3.8, 4) is 5.75 Å². The van der Waals surface area contributed by atoms with Crippen LogP contribution in [-0.4, -0.2) is 17.5 Å². The number of hydrogen-bond donors (Lipinski definition) is 2. The Balaban J connectivity index is 1.92. The maximum absolute atomic E-state index is 14.5. The number of rotatable bonds is 9. The molecule has 0 unspecified atom stereocenters. The molecule has 0 bridgehead atoms. The minimum atomic E-state index is -0.468. The van der Waals surface area contributed by atoms with Gasteiger partial charge in [0.05, 0.1) is 12.2 Å². The molecule has 0 aliphatic heterocycles. The molecule has 0 saturated heterocycles. The van der Waals surface area contributed by atoms with Gasteiger partial charge >= 0.3 is 0 Å². The Bertz CT molecular complexity index is 762. The first-order valence-electron chi connectivity index (χ1n) is 8.67. The zero-order valence-corrected chi connectivity index (χ0v) is 14.9. The van der Waals surface area contributed by atoms with E-state index in [-0.39, 0.29) is 23.7 Å². The number of nitrogen functional groups attached to an aromatic ring is 1. The minimum absolute atomic E-state index is 0.0343. The van der Waals surface area contributed by atoms with Gasteiger partial charge in [-0.2, -0.15) is 0 Å². The van der Waals surface area contributed by atoms with Crippen molar-refractivity contribution in [1.82, 2.24) is 10.3 Å². The minimum Gasteiger partial charge on any atom is -0.490 e. The van der Waals surface area contributed by atoms with Crippen LogP contribution >= 0.6 is 0 Å². The molecule has 1 amide bonds. The van der Waals surface area contributed by atoms with E-state index in [1.54, 1.807) is 30.3 Å². The highest BCUT2D eigenvalue weighted by Crippen LogP contribution is 2.21. The van der Waals surface area contributed by atoms with E-state index < -0.39 is 11.7 Å². The monoisotopic (exact) mass is 357 g/mol. The lowest BCUT2D eigenvalue weighted by Gasteiger charge is -2.11. The fourth-order valence-corrected chi connectivity index (χ4v) is 2.32. The van der Waals surface area contributed by atoms with Crippen LogP contribution in [0.4, 0.5) is 10.2 Å². The highest BCUT2D eigenvalue weighted by Gasteiger charge is 2.13. The third-order valence-electron chi connectivity index (χ3n) is 3.73. The number of ether oxygens (including phenoxy) is 1. The summed E-state index contributed by atoms with van der Waals surface area (Å²) in [6, 6.07) is 8.08. The zero-order chi connectivity index (χ0) is 18.8. The number of nitrogens with zero attached hydrogens (tertiary/aromatic N) is 1. The summed E-state index contributed by atoms with van der Waals surface area (Å²) >= 11 is 0. The largest absolute Gasteiger partial charge is 0.490 e. The number of halogens is 1. The van der Waals surface area contributed by atoms with Crippen LogP contribution in [-0.2, 0) is 6.54 Å². The molecule has 0 spiro atoms. The van der Waals surface area contributed by atoms with Crippen molar-refractivity contribution in [3.63, 3.8) is 0 Å². The quantitative estimate of drug-likeness (QED) is 0.528. The van der Waals surface area contributed by atoms with E-state index in [2.05, 4.69) is 23.3 Å². The first-order valence-corrected chi connectivity index (χ1v) is 8.67. The zero-order valence-electron chi connectivity index (χ0n) is 14.9. The molecular weight excluding hydrogens is 333 g/mol. The second-order valence-electron chi connectivity index (χ2n) is 5.75. The van der Waals surface area contributed by atoms with Crippen molar-refractivity contribution in [2.45, 2.75) is 32.7 Å². The first kappa shape index (κ1) is 19.4. The summed E-state index contributed by atoms with van der Waals surface area (Å²) in [5, 5.41) is 2.65. The van der Waals surface area contributed by atoms with Crippen LogP contribution in [0.3, 0.4) is 0 Å². The van der Waals surface area contributed by atoms with Crippen LogP contribution in [0.1, 0.15) is 42.1 Å². The molecule has 6 heteroatoms. The van der Waals surface area contributed by atoms with Crippen molar-refractivity contribution in [1.29, 1.82) is 0 Å². The van der Waals surface area contributed by atoms with Crippen molar-refractivity contribution in [3.05, 3.63) is 65.6 Å². The molecule has 1 aromatic carbocycles. The second-order valence-corrected chi connectivity index (χ2v) is 5.75. The number of benzene rings is 1. The maximum atomic E-state index is 14.5. The van der Waals surface area contributed by atoms with Gasteiger partial charge in [0.15, 0.2) is 11.6 Å². The van der Waals surface area contributed by atoms with E-state index in [4.69, 9.17) is 10.5 Å². The molecular formula is C20H24FN3O2. The van der Waals surface area contributed by atoms with Gasteiger partial charge in [0.25, 0.3) is 5.91 Å². The molecule has 0 radical (unpaired) electrons. The molecule has 138 valence electrons. The fourth-order valence-electron chi connectivity index (χ4n) is 2.32. The molecule has 0 saturated carbocycles. The Labute approximate surface area is 153 Å². The van der Waals surface area contributed by atoms with Crippen LogP contribution in [0.5, 0.6) is 5.75 Å². The number of carbonyl (C=O) groups excluding carboxylic acids is 1. The van der Waals surface area contributed by atoms with Gasteiger partial charge in [-0.3, -0.25) is 4.79 Å². The Kier molecular flexibility index (Phi) is 7.61. The Hall–Kier alpha value is -2.89. The highest BCUT2D eigenvalue weighted by molar-refractivity contribution is 5.98. The predicted molar refractivity (Wildman–Crippen MR) is 100 cm³/mol. The van der Waals surface area contributed by atoms with Gasteiger partial charge in [-0.25, -0.2) is 9.37 Å². The molecule has 0 aliphatic rings. The third kappa shape index (κ3) is 5.58. The van der Waals surface area contributed by atoms with Crippen molar-refractivity contribution in [2.75, 3.05) is 12.3 Å². The SMILES string of the molecule is CCC/C=C/CCOc1cccc(CNC(=O)c2cccnc2N)c1F. The average Bonchev–Trinajstić information content (AvgIpc) is 2.65. The second kappa shape index (κ2) is 10.2. The van der Waals surface area contributed by atoms with Gasteiger partial charge in [0, 0.05) is 18.3 Å². The summed E-state index contributed by atoms with van der Waals surface area (Å²) in [6.07, 6.45) is 8.49. The Morgan fingerprint density at radius 2 is 2.08 bits per heavy atom. The summed E-state index contributed by atoms with van der Waals surface area (Å²) in [4.78, 5) is 16.0. The molecule has 2 aromatic rings. The van der Waals surface area contributed by atoms with Crippen LogP contribution in [0.15, 0.2) is 48.7 Å². The molecule has 26 heavy (non-hydrogen) atoms. The number of nitrogens with two attached hydrogens (primary N) is 1. The number of carbonyl (C=O) groups is 1. The van der Waals surface area contributed by atoms with Crippen molar-refractivity contribution >= 4 is 11.7 Å². The lowest BCUT2D eigenvalue weighted by molar-refractivity contribution is 0.0951. The molecule has 1 heterocycles. The van der Waals surface area contributed by atoms with Gasteiger partial charge in [0.2, 0.25) is 0 Å². The average molecular weight is 357 g/mol. The maximum Gasteiger partial charge on any atom is 0.255 e. The van der Waals surface area contributed by atoms with E-state index in [9.17, 15) is 9.18 Å². The predicted octanol–water partition coefficient (Wildman–Crippen LogP) is 3.86. The number of unbranched alkanes of at least 4 members (excludes halogenated alkanes) is 1. The Morgan fingerprint density at radius 3 is 2.85 bits per heavy atom. The van der Waals surface area contributed by atoms with Gasteiger partial charge in [-0.1, -0.05) is 37.6 Å². The highest BCUT2D eigenvalue weighted by atomic mass is 19.1. The smallest absolute Gasteiger partial charge is 0.255 e. The van der Waals surface area contributed by atoms with E-state index in [0.29, 0.717) is 12.2 Å². The van der Waals surface area contributed by atoms with Crippen LogP contribution in [0, 0.1) is 5.82 Å². The number of pyridine rings is 1. The number of hydrogen-bond acceptors (Lipinski definition) is 4. The number of nitrogens with one attached hydrogen (secondary N) is 1. The Morgan fingerprint density at radius 1 is 1.27 bits per heavy atom. The standard InChI is InChI=1S/C20H24FN3O2/c1-2-3-4-5-6-13-26-17-11-7-9-15(18(17)21)14-24-20(25)16-10-8-12-23-19(16)22/h4-5,7-12H,2-3,6,13-14H2,1H3,(H2,22,23)(H,24,25)/b5-4+. The molecule has 1 aromatic heterocycles. The van der Waals surface area contributed by atoms with Crippen LogP contribution in [0.25, 0.3) is 0 Å². The van der Waals surface area contributed by atoms with Crippen LogP contribution in [0.2, 0.25) is 0 Å². The summed E-state index contributed by atoms with van der Waals surface area (Å²) in [5.41, 5.74) is 6.28. The normalized spacial score (nSPS) is 10.8. The lowest BCUT2D eigenvalue weighted by atomic mass is 10.2.